The predicted molar refractivity (Wildman–Crippen MR) is 102 cm³/mol. The van der Waals surface area contributed by atoms with Crippen LogP contribution in [0.4, 0.5) is 0 Å². The molecule has 7 nitrogen and oxygen atoms in total. The maximum atomic E-state index is 12.3. The van der Waals surface area contributed by atoms with E-state index in [0.29, 0.717) is 12.1 Å². The molecule has 2 aliphatic rings. The number of aliphatic hydroxyl groups is 1. The molecule has 0 atom stereocenters. The molecule has 0 saturated carbocycles. The van der Waals surface area contributed by atoms with Crippen molar-refractivity contribution in [3.8, 4) is 11.4 Å². The number of aliphatic hydroxyl groups excluding tert-OH is 1. The number of carbonyl (C=O) groups is 1. The van der Waals surface area contributed by atoms with Crippen molar-refractivity contribution in [3.63, 3.8) is 0 Å². The summed E-state index contributed by atoms with van der Waals surface area (Å²) in [6.45, 7) is 2.31. The minimum Gasteiger partial charge on any atom is -0.466 e. The second-order valence-electron chi connectivity index (χ2n) is 5.97. The van der Waals surface area contributed by atoms with Crippen LogP contribution >= 0.6 is 0 Å². The van der Waals surface area contributed by atoms with Gasteiger partial charge in [-0.15, -0.1) is 10.2 Å². The first-order valence-electron chi connectivity index (χ1n) is 8.65. The van der Waals surface area contributed by atoms with Crippen LogP contribution in [0.3, 0.4) is 0 Å². The Hall–Kier alpha value is -3.19. The topological polar surface area (TPSA) is 80.5 Å². The Morgan fingerprint density at radius 2 is 1.89 bits per heavy atom. The van der Waals surface area contributed by atoms with E-state index < -0.39 is 0 Å². The normalized spacial score (nSPS) is 14.7. The molecule has 4 rings (SSSR count). The number of esters is 1. The molecule has 0 fully saturated rings. The molecule has 1 aromatic heterocycles. The Balaban J connectivity index is 0.000000659. The van der Waals surface area contributed by atoms with Crippen molar-refractivity contribution < 1.29 is 14.6 Å². The Morgan fingerprint density at radius 1 is 1.22 bits per heavy atom. The third-order valence-electron chi connectivity index (χ3n) is 4.24. The van der Waals surface area contributed by atoms with E-state index in [-0.39, 0.29) is 12.6 Å². The van der Waals surface area contributed by atoms with Gasteiger partial charge in [-0.1, -0.05) is 30.3 Å². The van der Waals surface area contributed by atoms with Gasteiger partial charge in [0.25, 0.3) is 0 Å². The first-order valence-corrected chi connectivity index (χ1v) is 8.65. The third-order valence-corrected chi connectivity index (χ3v) is 4.24. The maximum Gasteiger partial charge on any atom is 0.337 e. The minimum absolute atomic E-state index is 0.250. The summed E-state index contributed by atoms with van der Waals surface area (Å²) in [5.41, 5.74) is 3.26. The van der Waals surface area contributed by atoms with Gasteiger partial charge in [-0.3, -0.25) is 0 Å². The van der Waals surface area contributed by atoms with Crippen LogP contribution in [0, 0.1) is 0 Å². The molecular weight excluding hydrogens is 344 g/mol. The zero-order valence-electron chi connectivity index (χ0n) is 15.6. The highest BCUT2D eigenvalue weighted by Crippen LogP contribution is 2.37. The maximum absolute atomic E-state index is 12.3. The summed E-state index contributed by atoms with van der Waals surface area (Å²) in [5.74, 6) is 1.16. The summed E-state index contributed by atoms with van der Waals surface area (Å²) in [5, 5.41) is 16.3. The van der Waals surface area contributed by atoms with Crippen molar-refractivity contribution in [2.24, 2.45) is 0 Å². The number of nitrogens with zero attached hydrogens (tertiary/aromatic N) is 4. The van der Waals surface area contributed by atoms with Crippen molar-refractivity contribution in [2.45, 2.75) is 13.5 Å². The highest BCUT2D eigenvalue weighted by Gasteiger charge is 2.33. The van der Waals surface area contributed by atoms with Crippen molar-refractivity contribution in [2.75, 3.05) is 20.8 Å². The van der Waals surface area contributed by atoms with Gasteiger partial charge in [0.2, 0.25) is 0 Å². The molecule has 2 aromatic rings. The average molecular weight is 366 g/mol. The van der Waals surface area contributed by atoms with E-state index in [1.807, 2.05) is 65.2 Å². The Labute approximate surface area is 157 Å². The molecule has 0 radical (unpaired) electrons. The van der Waals surface area contributed by atoms with Crippen LogP contribution in [0.15, 0.2) is 60.0 Å². The summed E-state index contributed by atoms with van der Waals surface area (Å²) in [4.78, 5) is 14.3. The van der Waals surface area contributed by atoms with Crippen molar-refractivity contribution in [1.82, 2.24) is 19.7 Å². The van der Waals surface area contributed by atoms with Crippen molar-refractivity contribution in [3.05, 3.63) is 65.8 Å². The Morgan fingerprint density at radius 3 is 2.56 bits per heavy atom. The van der Waals surface area contributed by atoms with Crippen molar-refractivity contribution in [1.29, 1.82) is 0 Å². The number of fused-ring (bicyclic) bond motifs is 3. The largest absolute Gasteiger partial charge is 0.466 e. The fourth-order valence-corrected chi connectivity index (χ4v) is 3.14. The fourth-order valence-electron chi connectivity index (χ4n) is 3.14. The molecule has 1 N–H and O–H groups in total. The average Bonchev–Trinajstić information content (AvgIpc) is 3.12. The van der Waals surface area contributed by atoms with E-state index >= 15 is 0 Å². The molecule has 0 bridgehead atoms. The molecule has 0 amide bonds. The van der Waals surface area contributed by atoms with Crippen LogP contribution < -0.4 is 0 Å². The van der Waals surface area contributed by atoms with E-state index in [4.69, 9.17) is 9.84 Å². The lowest BCUT2D eigenvalue weighted by molar-refractivity contribution is -0.136. The van der Waals surface area contributed by atoms with Gasteiger partial charge in [-0.25, -0.2) is 4.79 Å². The summed E-state index contributed by atoms with van der Waals surface area (Å²) in [6.07, 6.45) is 5.79. The second kappa shape index (κ2) is 8.01. The number of carbonyl (C=O) groups excluding carboxylic acids is 1. The highest BCUT2D eigenvalue weighted by atomic mass is 16.5. The van der Waals surface area contributed by atoms with Gasteiger partial charge >= 0.3 is 5.97 Å². The van der Waals surface area contributed by atoms with Gasteiger partial charge < -0.3 is 19.3 Å². The van der Waals surface area contributed by atoms with E-state index in [0.717, 1.165) is 28.5 Å². The SMILES string of the molecule is CCO.COC(=O)C1=C2C(=CC=CN2C)c2nnc(-c3ccccc3)n2C1. The van der Waals surface area contributed by atoms with Gasteiger partial charge in [0.15, 0.2) is 11.6 Å². The lowest BCUT2D eigenvalue weighted by Crippen LogP contribution is -2.28. The number of aromatic nitrogens is 3. The third kappa shape index (κ3) is 3.41. The number of allylic oxidation sites excluding steroid dienone is 3. The predicted octanol–water partition coefficient (Wildman–Crippen LogP) is 2.23. The number of methoxy groups -OCH3 is 1. The summed E-state index contributed by atoms with van der Waals surface area (Å²) < 4.78 is 6.96. The lowest BCUT2D eigenvalue weighted by atomic mass is 9.98. The van der Waals surface area contributed by atoms with Gasteiger partial charge in [0.1, 0.15) is 0 Å². The zero-order chi connectivity index (χ0) is 19.4. The smallest absolute Gasteiger partial charge is 0.337 e. The van der Waals surface area contributed by atoms with Crippen molar-refractivity contribution >= 4 is 11.5 Å². The number of ether oxygens (including phenoxy) is 1. The first kappa shape index (κ1) is 18.6. The number of hydrogen-bond acceptors (Lipinski definition) is 6. The van der Waals surface area contributed by atoms with Crippen LogP contribution in [0.25, 0.3) is 17.0 Å². The molecule has 140 valence electrons. The molecule has 1 aromatic carbocycles. The molecule has 0 spiro atoms. The molecule has 2 aliphatic heterocycles. The summed E-state index contributed by atoms with van der Waals surface area (Å²) in [6, 6.07) is 9.83. The van der Waals surface area contributed by atoms with Crippen LogP contribution in [0.5, 0.6) is 0 Å². The van der Waals surface area contributed by atoms with Gasteiger partial charge in [0.05, 0.1) is 24.9 Å². The highest BCUT2D eigenvalue weighted by molar-refractivity contribution is 5.96. The van der Waals surface area contributed by atoms with E-state index in [1.165, 1.54) is 7.11 Å². The molecule has 0 aliphatic carbocycles. The molecule has 3 heterocycles. The Bertz CT molecular complexity index is 926. The molecular formula is C20H22N4O3. The standard InChI is InChI=1S/C18H16N4O2.C2H6O/c1-21-10-6-9-13-15(21)14(18(23)24-2)11-22-16(19-20-17(13)22)12-7-4-3-5-8-12;1-2-3/h3-10H,11H2,1-2H3;3H,2H2,1H3. The molecule has 7 heteroatoms. The zero-order valence-corrected chi connectivity index (χ0v) is 15.6. The van der Waals surface area contributed by atoms with Gasteiger partial charge in [0, 0.05) is 31.0 Å². The summed E-state index contributed by atoms with van der Waals surface area (Å²) in [7, 11) is 3.31. The number of hydrogen-bond donors (Lipinski definition) is 1. The summed E-state index contributed by atoms with van der Waals surface area (Å²) >= 11 is 0. The van der Waals surface area contributed by atoms with E-state index in [9.17, 15) is 4.79 Å². The fraction of sp³-hybridized carbons (Fsp3) is 0.250. The van der Waals surface area contributed by atoms with Crippen LogP contribution in [-0.2, 0) is 16.1 Å². The Kier molecular flexibility index (Phi) is 5.52. The van der Waals surface area contributed by atoms with Gasteiger partial charge in [-0.2, -0.15) is 0 Å². The molecule has 27 heavy (non-hydrogen) atoms. The second-order valence-corrected chi connectivity index (χ2v) is 5.97. The minimum atomic E-state index is -0.337. The number of likely N-dealkylation sites (N-methyl/N-ethyl adjacent to an activating group) is 1. The number of benzene rings is 1. The molecule has 0 saturated heterocycles. The number of rotatable bonds is 2. The van der Waals surface area contributed by atoms with E-state index in [1.54, 1.807) is 6.92 Å². The quantitative estimate of drug-likeness (QED) is 0.821. The van der Waals surface area contributed by atoms with Crippen LogP contribution in [-0.4, -0.2) is 51.5 Å². The molecule has 0 unspecified atom stereocenters. The van der Waals surface area contributed by atoms with E-state index in [2.05, 4.69) is 10.2 Å². The van der Waals surface area contributed by atoms with Crippen LogP contribution in [0.2, 0.25) is 0 Å². The monoisotopic (exact) mass is 366 g/mol. The lowest BCUT2D eigenvalue weighted by Gasteiger charge is -2.30. The van der Waals surface area contributed by atoms with Crippen LogP contribution in [0.1, 0.15) is 12.7 Å². The first-order chi connectivity index (χ1) is 13.1. The van der Waals surface area contributed by atoms with Gasteiger partial charge in [-0.05, 0) is 19.1 Å².